The minimum atomic E-state index is -3.76. The summed E-state index contributed by atoms with van der Waals surface area (Å²) in [6.07, 6.45) is 7.78. The number of aliphatic hydroxyl groups is 3. The standard InChI is InChI=1S/C29H32FN3O6S/c1-28(10-5-2-6-11-28)40(37,38)33-12-9-19-13-22(31-15-23(19)33)24(34)17-32-16-20-14-26(27(35)29(20,36)18-32)39-25-8-4-3-7-21(25)30/h2-10,12-13,15,20,24,26-27,34-36H,11,14,16-18H2,1H3/t20-,24+,26+,27+,28?,29-/m1/s1. The minimum absolute atomic E-state index is 0.0339. The molecule has 40 heavy (non-hydrogen) atoms. The molecule has 9 nitrogen and oxygen atoms in total. The maximum Gasteiger partial charge on any atom is 0.248 e. The number of pyridine rings is 1. The minimum Gasteiger partial charge on any atom is -0.485 e. The zero-order valence-electron chi connectivity index (χ0n) is 22.0. The van der Waals surface area contributed by atoms with Crippen LogP contribution in [0.5, 0.6) is 5.75 Å². The quantitative estimate of drug-likeness (QED) is 0.397. The van der Waals surface area contributed by atoms with Crippen LogP contribution in [0.1, 0.15) is 31.6 Å². The maximum absolute atomic E-state index is 14.0. The van der Waals surface area contributed by atoms with Crippen LogP contribution in [0.4, 0.5) is 4.39 Å². The van der Waals surface area contributed by atoms with Crippen molar-refractivity contribution in [2.24, 2.45) is 5.92 Å². The van der Waals surface area contributed by atoms with Crippen molar-refractivity contribution in [3.8, 4) is 5.75 Å². The molecular formula is C29H32FN3O6S. The van der Waals surface area contributed by atoms with E-state index in [0.29, 0.717) is 36.0 Å². The predicted octanol–water partition coefficient (Wildman–Crippen LogP) is 2.54. The normalized spacial score (nSPS) is 31.1. The van der Waals surface area contributed by atoms with Crippen molar-refractivity contribution in [3.05, 3.63) is 84.6 Å². The van der Waals surface area contributed by atoms with Gasteiger partial charge in [0.2, 0.25) is 10.0 Å². The first-order valence-corrected chi connectivity index (χ1v) is 14.7. The summed E-state index contributed by atoms with van der Waals surface area (Å²) in [5.41, 5.74) is -0.647. The average Bonchev–Trinajstić information content (AvgIpc) is 3.56. The Labute approximate surface area is 231 Å². The van der Waals surface area contributed by atoms with Gasteiger partial charge >= 0.3 is 0 Å². The number of para-hydroxylation sites is 1. The number of ether oxygens (including phenoxy) is 1. The molecule has 3 aromatic rings. The van der Waals surface area contributed by atoms with Crippen LogP contribution in [0.2, 0.25) is 0 Å². The van der Waals surface area contributed by atoms with E-state index in [1.807, 2.05) is 17.1 Å². The van der Waals surface area contributed by atoms with Gasteiger partial charge in [0.25, 0.3) is 0 Å². The van der Waals surface area contributed by atoms with E-state index < -0.39 is 44.5 Å². The molecule has 0 amide bonds. The molecule has 1 saturated carbocycles. The van der Waals surface area contributed by atoms with Gasteiger partial charge in [0.15, 0.2) is 11.6 Å². The number of fused-ring (bicyclic) bond motifs is 2. The van der Waals surface area contributed by atoms with Crippen molar-refractivity contribution < 1.29 is 32.9 Å². The van der Waals surface area contributed by atoms with Crippen molar-refractivity contribution >= 4 is 20.9 Å². The number of hydrogen-bond donors (Lipinski definition) is 3. The van der Waals surface area contributed by atoms with Gasteiger partial charge in [-0.15, -0.1) is 0 Å². The molecule has 0 bridgehead atoms. The molecule has 1 saturated heterocycles. The Morgan fingerprint density at radius 2 is 2.05 bits per heavy atom. The fourth-order valence-electron chi connectivity index (χ4n) is 6.20. The Balaban J connectivity index is 1.14. The highest BCUT2D eigenvalue weighted by molar-refractivity contribution is 7.91. The number of allylic oxidation sites excluding steroid dienone is 3. The molecule has 1 unspecified atom stereocenters. The molecule has 2 aliphatic carbocycles. The number of hydrogen-bond acceptors (Lipinski definition) is 8. The van der Waals surface area contributed by atoms with Gasteiger partial charge in [-0.25, -0.2) is 16.8 Å². The molecule has 6 atom stereocenters. The third kappa shape index (κ3) is 4.36. The number of aliphatic hydroxyl groups excluding tert-OH is 2. The van der Waals surface area contributed by atoms with E-state index in [4.69, 9.17) is 4.74 Å². The molecule has 6 rings (SSSR count). The van der Waals surface area contributed by atoms with Crippen molar-refractivity contribution in [1.29, 1.82) is 0 Å². The molecule has 0 radical (unpaired) electrons. The summed E-state index contributed by atoms with van der Waals surface area (Å²) in [7, 11) is -3.76. The number of nitrogens with zero attached hydrogens (tertiary/aromatic N) is 3. The first-order chi connectivity index (χ1) is 19.0. The molecular weight excluding hydrogens is 537 g/mol. The fourth-order valence-corrected chi connectivity index (χ4v) is 7.84. The van der Waals surface area contributed by atoms with Crippen molar-refractivity contribution in [2.45, 2.75) is 48.4 Å². The van der Waals surface area contributed by atoms with E-state index in [1.54, 1.807) is 43.3 Å². The van der Waals surface area contributed by atoms with Gasteiger partial charge in [-0.05, 0) is 44.0 Å². The largest absolute Gasteiger partial charge is 0.485 e. The molecule has 2 fully saturated rings. The molecule has 3 N–H and O–H groups in total. The number of halogens is 1. The van der Waals surface area contributed by atoms with Gasteiger partial charge in [-0.1, -0.05) is 36.4 Å². The Kier molecular flexibility index (Phi) is 6.62. The van der Waals surface area contributed by atoms with Crippen LogP contribution in [0.25, 0.3) is 10.9 Å². The number of rotatable bonds is 7. The van der Waals surface area contributed by atoms with Crippen LogP contribution in [-0.2, 0) is 10.0 Å². The summed E-state index contributed by atoms with van der Waals surface area (Å²) >= 11 is 0. The monoisotopic (exact) mass is 569 g/mol. The van der Waals surface area contributed by atoms with Crippen LogP contribution in [0, 0.1) is 11.7 Å². The highest BCUT2D eigenvalue weighted by atomic mass is 32.2. The van der Waals surface area contributed by atoms with Crippen LogP contribution in [0.15, 0.2) is 73.1 Å². The topological polar surface area (TPSA) is 125 Å². The molecule has 0 spiro atoms. The van der Waals surface area contributed by atoms with Gasteiger partial charge in [0.1, 0.15) is 28.7 Å². The summed E-state index contributed by atoms with van der Waals surface area (Å²) in [6.45, 7) is 2.38. The maximum atomic E-state index is 14.0. The number of aromatic nitrogens is 2. The van der Waals surface area contributed by atoms with E-state index in [1.165, 1.54) is 28.5 Å². The lowest BCUT2D eigenvalue weighted by Gasteiger charge is -2.29. The molecule has 3 aliphatic rings. The summed E-state index contributed by atoms with van der Waals surface area (Å²) in [5.74, 6) is -0.809. The second-order valence-electron chi connectivity index (χ2n) is 11.3. The van der Waals surface area contributed by atoms with Gasteiger partial charge in [0.05, 0.1) is 17.4 Å². The van der Waals surface area contributed by atoms with E-state index in [-0.39, 0.29) is 24.8 Å². The second kappa shape index (κ2) is 9.78. The molecule has 2 aromatic heterocycles. The lowest BCUT2D eigenvalue weighted by atomic mass is 9.93. The third-order valence-electron chi connectivity index (χ3n) is 8.56. The summed E-state index contributed by atoms with van der Waals surface area (Å²) in [5, 5.41) is 33.8. The summed E-state index contributed by atoms with van der Waals surface area (Å²) < 4.78 is 46.8. The molecule has 1 aliphatic heterocycles. The van der Waals surface area contributed by atoms with Crippen LogP contribution in [0.3, 0.4) is 0 Å². The zero-order chi connectivity index (χ0) is 28.3. The third-order valence-corrected chi connectivity index (χ3v) is 10.9. The van der Waals surface area contributed by atoms with E-state index in [0.717, 1.165) is 0 Å². The first kappa shape index (κ1) is 27.1. The van der Waals surface area contributed by atoms with E-state index >= 15 is 0 Å². The Morgan fingerprint density at radius 3 is 2.77 bits per heavy atom. The van der Waals surface area contributed by atoms with Crippen molar-refractivity contribution in [2.75, 3.05) is 19.6 Å². The van der Waals surface area contributed by atoms with Gasteiger partial charge in [-0.3, -0.25) is 9.88 Å². The first-order valence-electron chi connectivity index (χ1n) is 13.3. The van der Waals surface area contributed by atoms with E-state index in [2.05, 4.69) is 4.98 Å². The number of likely N-dealkylation sites (tertiary alicyclic amines) is 1. The number of benzene rings is 1. The van der Waals surface area contributed by atoms with Crippen molar-refractivity contribution in [1.82, 2.24) is 13.9 Å². The highest BCUT2D eigenvalue weighted by Crippen LogP contribution is 2.44. The fraction of sp³-hybridized carbons (Fsp3) is 0.414. The molecule has 1 aromatic carbocycles. The Hall–Kier alpha value is -3.09. The Bertz CT molecular complexity index is 1610. The SMILES string of the molecule is CC1(S(=O)(=O)n2ccc3cc([C@@H](O)CN4C[C@H]5C[C@H](Oc6ccccc6F)[C@H](O)[C@@]5(O)C4)ncc32)C=CC=CC1. The number of β-amino-alcohol motifs (C(OH)–C–C–N with tert-alkyl or cyclic N) is 2. The second-order valence-corrected chi connectivity index (χ2v) is 13.5. The van der Waals surface area contributed by atoms with Crippen LogP contribution < -0.4 is 4.74 Å². The summed E-state index contributed by atoms with van der Waals surface area (Å²) in [6, 6.07) is 9.32. The zero-order valence-corrected chi connectivity index (χ0v) is 22.8. The van der Waals surface area contributed by atoms with Gasteiger partial charge in [0, 0.05) is 37.1 Å². The van der Waals surface area contributed by atoms with Gasteiger partial charge < -0.3 is 20.1 Å². The lowest BCUT2D eigenvalue weighted by Crippen LogP contribution is -2.49. The van der Waals surface area contributed by atoms with E-state index in [9.17, 15) is 28.1 Å². The molecule has 3 heterocycles. The smallest absolute Gasteiger partial charge is 0.248 e. The predicted molar refractivity (Wildman–Crippen MR) is 147 cm³/mol. The molecule has 212 valence electrons. The van der Waals surface area contributed by atoms with Crippen LogP contribution >= 0.6 is 0 Å². The molecule has 11 heteroatoms. The average molecular weight is 570 g/mol. The Morgan fingerprint density at radius 1 is 1.25 bits per heavy atom. The highest BCUT2D eigenvalue weighted by Gasteiger charge is 2.59. The van der Waals surface area contributed by atoms with Crippen molar-refractivity contribution in [3.63, 3.8) is 0 Å². The lowest BCUT2D eigenvalue weighted by molar-refractivity contribution is -0.0879. The summed E-state index contributed by atoms with van der Waals surface area (Å²) in [4.78, 5) is 6.24. The van der Waals surface area contributed by atoms with Gasteiger partial charge in [-0.2, -0.15) is 0 Å². The van der Waals surface area contributed by atoms with Crippen LogP contribution in [-0.4, -0.2) is 79.8 Å².